The van der Waals surface area contributed by atoms with Crippen LogP contribution in [0.1, 0.15) is 44.5 Å². The zero-order chi connectivity index (χ0) is 12.8. The van der Waals surface area contributed by atoms with Gasteiger partial charge in [0, 0.05) is 11.6 Å². The molecule has 1 aromatic carbocycles. The van der Waals surface area contributed by atoms with Crippen LogP contribution >= 0.6 is 0 Å². The maximum Gasteiger partial charge on any atom is 0.251 e. The highest BCUT2D eigenvalue weighted by Gasteiger charge is 2.08. The zero-order valence-corrected chi connectivity index (χ0v) is 11.0. The van der Waals surface area contributed by atoms with Crippen LogP contribution in [0.3, 0.4) is 0 Å². The first-order valence-electron chi connectivity index (χ1n) is 6.10. The largest absolute Gasteiger partial charge is 0.491 e. The van der Waals surface area contributed by atoms with E-state index in [0.29, 0.717) is 5.56 Å². The molecule has 0 aliphatic carbocycles. The average molecular weight is 235 g/mol. The lowest BCUT2D eigenvalue weighted by atomic mass is 10.2. The Bertz CT molecular complexity index is 357. The standard InChI is InChI=1S/C14H21NO2/c1-5-11(4)15-14(16)12-6-8-13(9-7-12)17-10(2)3/h6-11H,5H2,1-4H3,(H,15,16)/t11-/m1/s1. The van der Waals surface area contributed by atoms with E-state index in [4.69, 9.17) is 4.74 Å². The minimum Gasteiger partial charge on any atom is -0.491 e. The summed E-state index contributed by atoms with van der Waals surface area (Å²) in [5.41, 5.74) is 0.668. The first-order chi connectivity index (χ1) is 8.02. The number of carbonyl (C=O) groups is 1. The van der Waals surface area contributed by atoms with Gasteiger partial charge in [-0.25, -0.2) is 0 Å². The van der Waals surface area contributed by atoms with Gasteiger partial charge in [0.05, 0.1) is 6.10 Å². The van der Waals surface area contributed by atoms with Gasteiger partial charge >= 0.3 is 0 Å². The molecule has 0 bridgehead atoms. The number of rotatable bonds is 5. The molecule has 1 aromatic rings. The Labute approximate surface area is 103 Å². The quantitative estimate of drug-likeness (QED) is 0.852. The molecule has 0 radical (unpaired) electrons. The first kappa shape index (κ1) is 13.6. The van der Waals surface area contributed by atoms with Gasteiger partial charge in [0.1, 0.15) is 5.75 Å². The van der Waals surface area contributed by atoms with Crippen molar-refractivity contribution in [2.75, 3.05) is 0 Å². The van der Waals surface area contributed by atoms with E-state index < -0.39 is 0 Å². The summed E-state index contributed by atoms with van der Waals surface area (Å²) >= 11 is 0. The number of ether oxygens (including phenoxy) is 1. The number of hydrogen-bond donors (Lipinski definition) is 1. The zero-order valence-electron chi connectivity index (χ0n) is 11.0. The van der Waals surface area contributed by atoms with Crippen LogP contribution in [-0.4, -0.2) is 18.1 Å². The topological polar surface area (TPSA) is 38.3 Å². The molecule has 3 nitrogen and oxygen atoms in total. The Hall–Kier alpha value is -1.51. The Balaban J connectivity index is 2.64. The van der Waals surface area contributed by atoms with E-state index in [1.165, 1.54) is 0 Å². The second-order valence-corrected chi connectivity index (χ2v) is 4.47. The fourth-order valence-corrected chi connectivity index (χ4v) is 1.37. The number of benzene rings is 1. The van der Waals surface area contributed by atoms with Gasteiger partial charge in [-0.1, -0.05) is 6.92 Å². The fourth-order valence-electron chi connectivity index (χ4n) is 1.37. The van der Waals surface area contributed by atoms with Gasteiger partial charge in [-0.15, -0.1) is 0 Å². The van der Waals surface area contributed by atoms with E-state index >= 15 is 0 Å². The third kappa shape index (κ3) is 4.47. The van der Waals surface area contributed by atoms with Gasteiger partial charge in [0.15, 0.2) is 0 Å². The molecule has 0 heterocycles. The van der Waals surface area contributed by atoms with Crippen molar-refractivity contribution in [2.24, 2.45) is 0 Å². The summed E-state index contributed by atoms with van der Waals surface area (Å²) in [6, 6.07) is 7.43. The molecule has 1 rings (SSSR count). The van der Waals surface area contributed by atoms with Crippen molar-refractivity contribution in [1.82, 2.24) is 5.32 Å². The van der Waals surface area contributed by atoms with Gasteiger partial charge < -0.3 is 10.1 Å². The summed E-state index contributed by atoms with van der Waals surface area (Å²) in [5.74, 6) is 0.760. The van der Waals surface area contributed by atoms with Gasteiger partial charge in [0.25, 0.3) is 5.91 Å². The Morgan fingerprint density at radius 2 is 1.82 bits per heavy atom. The van der Waals surface area contributed by atoms with E-state index in [1.54, 1.807) is 12.1 Å². The van der Waals surface area contributed by atoms with E-state index in [1.807, 2.05) is 39.8 Å². The summed E-state index contributed by atoms with van der Waals surface area (Å²) in [4.78, 5) is 11.8. The summed E-state index contributed by atoms with van der Waals surface area (Å²) < 4.78 is 5.52. The second-order valence-electron chi connectivity index (χ2n) is 4.47. The van der Waals surface area contributed by atoms with Crippen molar-refractivity contribution in [1.29, 1.82) is 0 Å². The molecule has 17 heavy (non-hydrogen) atoms. The van der Waals surface area contributed by atoms with E-state index in [9.17, 15) is 4.79 Å². The molecular weight excluding hydrogens is 214 g/mol. The van der Waals surface area contributed by atoms with Crippen LogP contribution < -0.4 is 10.1 Å². The summed E-state index contributed by atoms with van der Waals surface area (Å²) in [5, 5.41) is 2.93. The van der Waals surface area contributed by atoms with Crippen LogP contribution in [-0.2, 0) is 0 Å². The van der Waals surface area contributed by atoms with Gasteiger partial charge in [-0.3, -0.25) is 4.79 Å². The Morgan fingerprint density at radius 3 is 2.29 bits per heavy atom. The van der Waals surface area contributed by atoms with Crippen molar-refractivity contribution in [3.63, 3.8) is 0 Å². The minimum absolute atomic E-state index is 0.0320. The van der Waals surface area contributed by atoms with E-state index in [2.05, 4.69) is 5.32 Å². The molecule has 1 N–H and O–H groups in total. The highest BCUT2D eigenvalue weighted by molar-refractivity contribution is 5.94. The molecule has 0 aromatic heterocycles. The Morgan fingerprint density at radius 1 is 1.24 bits per heavy atom. The molecule has 1 amide bonds. The van der Waals surface area contributed by atoms with Gasteiger partial charge in [-0.05, 0) is 51.5 Å². The predicted molar refractivity (Wildman–Crippen MR) is 69.4 cm³/mol. The van der Waals surface area contributed by atoms with E-state index in [-0.39, 0.29) is 18.1 Å². The summed E-state index contributed by atoms with van der Waals surface area (Å²) in [7, 11) is 0. The third-order valence-corrected chi connectivity index (χ3v) is 2.48. The highest BCUT2D eigenvalue weighted by atomic mass is 16.5. The first-order valence-corrected chi connectivity index (χ1v) is 6.10. The predicted octanol–water partition coefficient (Wildman–Crippen LogP) is 3.00. The van der Waals surface area contributed by atoms with Gasteiger partial charge in [0.2, 0.25) is 0 Å². The molecule has 0 fully saturated rings. The number of amides is 1. The lowest BCUT2D eigenvalue weighted by molar-refractivity contribution is 0.0939. The summed E-state index contributed by atoms with van der Waals surface area (Å²) in [6.07, 6.45) is 1.08. The maximum atomic E-state index is 11.8. The molecule has 0 saturated heterocycles. The molecule has 1 atom stereocenters. The number of carbonyl (C=O) groups excluding carboxylic acids is 1. The number of hydrogen-bond acceptors (Lipinski definition) is 2. The maximum absolute atomic E-state index is 11.8. The normalized spacial score (nSPS) is 12.3. The average Bonchev–Trinajstić information content (AvgIpc) is 2.28. The van der Waals surface area contributed by atoms with Crippen LogP contribution in [0, 0.1) is 0 Å². The minimum atomic E-state index is -0.0320. The Kier molecular flexibility index (Phi) is 5.01. The van der Waals surface area contributed by atoms with Crippen LogP contribution in [0.4, 0.5) is 0 Å². The fraction of sp³-hybridized carbons (Fsp3) is 0.500. The lowest BCUT2D eigenvalue weighted by Crippen LogP contribution is -2.31. The molecule has 3 heteroatoms. The van der Waals surface area contributed by atoms with Crippen LogP contribution in [0.2, 0.25) is 0 Å². The van der Waals surface area contributed by atoms with Crippen molar-refractivity contribution in [3.05, 3.63) is 29.8 Å². The van der Waals surface area contributed by atoms with Crippen molar-refractivity contribution < 1.29 is 9.53 Å². The van der Waals surface area contributed by atoms with Crippen LogP contribution in [0.25, 0.3) is 0 Å². The molecular formula is C14H21NO2. The molecule has 0 aliphatic heterocycles. The molecule has 0 saturated carbocycles. The van der Waals surface area contributed by atoms with Crippen LogP contribution in [0.5, 0.6) is 5.75 Å². The lowest BCUT2D eigenvalue weighted by Gasteiger charge is -2.12. The van der Waals surface area contributed by atoms with Crippen molar-refractivity contribution in [3.8, 4) is 5.75 Å². The molecule has 0 aliphatic rings. The smallest absolute Gasteiger partial charge is 0.251 e. The monoisotopic (exact) mass is 235 g/mol. The third-order valence-electron chi connectivity index (χ3n) is 2.48. The van der Waals surface area contributed by atoms with Crippen molar-refractivity contribution in [2.45, 2.75) is 46.3 Å². The SMILES string of the molecule is CC[C@@H](C)NC(=O)c1ccc(OC(C)C)cc1. The molecule has 94 valence electrons. The highest BCUT2D eigenvalue weighted by Crippen LogP contribution is 2.13. The van der Waals surface area contributed by atoms with E-state index in [0.717, 1.165) is 12.2 Å². The van der Waals surface area contributed by atoms with Crippen molar-refractivity contribution >= 4 is 5.91 Å². The van der Waals surface area contributed by atoms with Crippen LogP contribution in [0.15, 0.2) is 24.3 Å². The number of nitrogens with one attached hydrogen (secondary N) is 1. The second kappa shape index (κ2) is 6.28. The molecule has 0 unspecified atom stereocenters. The summed E-state index contributed by atoms with van der Waals surface area (Å²) in [6.45, 7) is 7.99. The van der Waals surface area contributed by atoms with Gasteiger partial charge in [-0.2, -0.15) is 0 Å². The molecule has 0 spiro atoms.